The lowest BCUT2D eigenvalue weighted by atomic mass is 9.94. The van der Waals surface area contributed by atoms with Gasteiger partial charge >= 0.3 is 0 Å². The van der Waals surface area contributed by atoms with Gasteiger partial charge in [0.25, 0.3) is 0 Å². The number of unbranched alkanes of at least 4 members (excludes halogenated alkanes) is 1. The monoisotopic (exact) mass is 220 g/mol. The van der Waals surface area contributed by atoms with Gasteiger partial charge in [-0.2, -0.15) is 0 Å². The van der Waals surface area contributed by atoms with Crippen LogP contribution in [0.2, 0.25) is 0 Å². The van der Waals surface area contributed by atoms with E-state index in [4.69, 9.17) is 0 Å². The second-order valence-electron chi connectivity index (χ2n) is 3.88. The van der Waals surface area contributed by atoms with Crippen molar-refractivity contribution in [2.24, 2.45) is 0 Å². The third-order valence-electron chi connectivity index (χ3n) is 2.54. The number of nitrogens with one attached hydrogen (secondary N) is 2. The molecule has 0 radical (unpaired) electrons. The van der Waals surface area contributed by atoms with Gasteiger partial charge in [-0.15, -0.1) is 0 Å². The summed E-state index contributed by atoms with van der Waals surface area (Å²) in [5, 5.41) is 3.00. The van der Waals surface area contributed by atoms with Gasteiger partial charge in [-0.25, -0.2) is 13.1 Å². The Morgan fingerprint density at radius 1 is 1.29 bits per heavy atom. The van der Waals surface area contributed by atoms with Crippen molar-refractivity contribution in [2.75, 3.05) is 19.3 Å². The molecule has 0 aromatic rings. The maximum Gasteiger partial charge on any atom is 0.211 e. The van der Waals surface area contributed by atoms with Crippen molar-refractivity contribution in [3.8, 4) is 0 Å². The lowest BCUT2D eigenvalue weighted by molar-refractivity contribution is 0.383. The lowest BCUT2D eigenvalue weighted by Crippen LogP contribution is -2.40. The van der Waals surface area contributed by atoms with Crippen LogP contribution in [0.25, 0.3) is 0 Å². The molecule has 0 aromatic carbocycles. The van der Waals surface area contributed by atoms with Crippen LogP contribution in [-0.2, 0) is 10.0 Å². The molecule has 0 aliphatic heterocycles. The largest absolute Gasteiger partial charge is 0.320 e. The van der Waals surface area contributed by atoms with Crippen LogP contribution in [0, 0.1) is 0 Å². The van der Waals surface area contributed by atoms with Crippen LogP contribution < -0.4 is 10.0 Å². The maximum atomic E-state index is 11.5. The van der Waals surface area contributed by atoms with Crippen molar-refractivity contribution >= 4 is 10.0 Å². The van der Waals surface area contributed by atoms with E-state index in [0.29, 0.717) is 0 Å². The Balaban J connectivity index is 2.13. The molecule has 4 nitrogen and oxygen atoms in total. The zero-order valence-corrected chi connectivity index (χ0v) is 9.57. The number of hydrogen-bond donors (Lipinski definition) is 2. The quantitative estimate of drug-likeness (QED) is 0.613. The molecule has 1 rings (SSSR count). The molecule has 84 valence electrons. The smallest absolute Gasteiger partial charge is 0.211 e. The molecule has 1 aliphatic rings. The zero-order chi connectivity index (χ0) is 10.4. The van der Waals surface area contributed by atoms with Gasteiger partial charge < -0.3 is 5.32 Å². The van der Waals surface area contributed by atoms with Crippen LogP contribution in [-0.4, -0.2) is 33.8 Å². The van der Waals surface area contributed by atoms with E-state index >= 15 is 0 Å². The van der Waals surface area contributed by atoms with Gasteiger partial charge in [0.05, 0.1) is 5.75 Å². The normalized spacial score (nSPS) is 18.1. The molecule has 1 fully saturated rings. The van der Waals surface area contributed by atoms with Crippen molar-refractivity contribution in [3.05, 3.63) is 0 Å². The first-order valence-corrected chi connectivity index (χ1v) is 6.94. The van der Waals surface area contributed by atoms with Gasteiger partial charge in [0.2, 0.25) is 10.0 Å². The van der Waals surface area contributed by atoms with Crippen LogP contribution >= 0.6 is 0 Å². The van der Waals surface area contributed by atoms with Gasteiger partial charge in [-0.05, 0) is 39.3 Å². The van der Waals surface area contributed by atoms with E-state index in [1.807, 2.05) is 7.05 Å². The third kappa shape index (κ3) is 4.39. The van der Waals surface area contributed by atoms with Crippen LogP contribution in [0.5, 0.6) is 0 Å². The molecule has 0 amide bonds. The summed E-state index contributed by atoms with van der Waals surface area (Å²) in [5.41, 5.74) is 0. The average molecular weight is 220 g/mol. The Morgan fingerprint density at radius 3 is 2.50 bits per heavy atom. The Hall–Kier alpha value is -0.130. The summed E-state index contributed by atoms with van der Waals surface area (Å²) >= 11 is 0. The van der Waals surface area contributed by atoms with Crippen molar-refractivity contribution < 1.29 is 8.42 Å². The molecule has 0 heterocycles. The average Bonchev–Trinajstić information content (AvgIpc) is 2.06. The van der Waals surface area contributed by atoms with Gasteiger partial charge in [-0.1, -0.05) is 6.42 Å². The topological polar surface area (TPSA) is 58.2 Å². The van der Waals surface area contributed by atoms with Crippen molar-refractivity contribution in [2.45, 2.75) is 38.1 Å². The van der Waals surface area contributed by atoms with E-state index in [0.717, 1.165) is 38.6 Å². The Morgan fingerprint density at radius 2 is 2.00 bits per heavy atom. The summed E-state index contributed by atoms with van der Waals surface area (Å²) in [6.45, 7) is 0.888. The highest BCUT2D eigenvalue weighted by Crippen LogP contribution is 2.18. The van der Waals surface area contributed by atoms with Crippen LogP contribution in [0.15, 0.2) is 0 Å². The van der Waals surface area contributed by atoms with Crippen molar-refractivity contribution in [3.63, 3.8) is 0 Å². The summed E-state index contributed by atoms with van der Waals surface area (Å²) in [4.78, 5) is 0. The van der Waals surface area contributed by atoms with Crippen LogP contribution in [0.4, 0.5) is 0 Å². The minimum absolute atomic E-state index is 0.226. The summed E-state index contributed by atoms with van der Waals surface area (Å²) in [6, 6.07) is 0.226. The molecule has 0 aromatic heterocycles. The highest BCUT2D eigenvalue weighted by Gasteiger charge is 2.22. The first-order chi connectivity index (χ1) is 6.64. The third-order valence-corrected chi connectivity index (χ3v) is 4.06. The fourth-order valence-corrected chi connectivity index (χ4v) is 2.88. The van der Waals surface area contributed by atoms with E-state index in [2.05, 4.69) is 10.0 Å². The molecule has 0 bridgehead atoms. The summed E-state index contributed by atoms with van der Waals surface area (Å²) in [7, 11) is -1.12. The first-order valence-electron chi connectivity index (χ1n) is 5.28. The minimum Gasteiger partial charge on any atom is -0.320 e. The predicted octanol–water partition coefficient (Wildman–Crippen LogP) is 0.458. The molecule has 5 heteroatoms. The number of hydrogen-bond acceptors (Lipinski definition) is 3. The lowest BCUT2D eigenvalue weighted by Gasteiger charge is -2.26. The Kier molecular flexibility index (Phi) is 4.84. The standard InChI is InChI=1S/C9H20N2O2S/c1-10-7-2-3-8-14(12,13)11-9-5-4-6-9/h9-11H,2-8H2,1H3. The number of rotatable bonds is 7. The second-order valence-corrected chi connectivity index (χ2v) is 5.75. The van der Waals surface area contributed by atoms with E-state index in [9.17, 15) is 8.42 Å². The Bertz CT molecular complexity index is 248. The molecule has 0 saturated heterocycles. The van der Waals surface area contributed by atoms with E-state index in [-0.39, 0.29) is 11.8 Å². The summed E-state index contributed by atoms with van der Waals surface area (Å²) < 4.78 is 25.7. The minimum atomic E-state index is -3.00. The van der Waals surface area contributed by atoms with Crippen molar-refractivity contribution in [1.29, 1.82) is 0 Å². The van der Waals surface area contributed by atoms with Crippen molar-refractivity contribution in [1.82, 2.24) is 10.0 Å². The summed E-state index contributed by atoms with van der Waals surface area (Å²) in [5.74, 6) is 0.269. The van der Waals surface area contributed by atoms with Crippen LogP contribution in [0.3, 0.4) is 0 Å². The maximum absolute atomic E-state index is 11.5. The van der Waals surface area contributed by atoms with Gasteiger partial charge in [-0.3, -0.25) is 0 Å². The first kappa shape index (κ1) is 11.9. The fraction of sp³-hybridized carbons (Fsp3) is 1.00. The Labute approximate surface area is 86.5 Å². The van der Waals surface area contributed by atoms with Crippen LogP contribution in [0.1, 0.15) is 32.1 Å². The molecule has 1 aliphatic carbocycles. The molecule has 0 unspecified atom stereocenters. The number of sulfonamides is 1. The van der Waals surface area contributed by atoms with Gasteiger partial charge in [0, 0.05) is 6.04 Å². The molecule has 1 saturated carbocycles. The fourth-order valence-electron chi connectivity index (χ4n) is 1.43. The molecule has 2 N–H and O–H groups in total. The summed E-state index contributed by atoms with van der Waals surface area (Å²) in [6.07, 6.45) is 4.84. The van der Waals surface area contributed by atoms with E-state index < -0.39 is 10.0 Å². The molecule has 0 spiro atoms. The predicted molar refractivity (Wildman–Crippen MR) is 57.7 cm³/mol. The van der Waals surface area contributed by atoms with E-state index in [1.54, 1.807) is 0 Å². The zero-order valence-electron chi connectivity index (χ0n) is 8.75. The SMILES string of the molecule is CNCCCCS(=O)(=O)NC1CCC1. The van der Waals surface area contributed by atoms with E-state index in [1.165, 1.54) is 0 Å². The van der Waals surface area contributed by atoms with Gasteiger partial charge in [0.1, 0.15) is 0 Å². The highest BCUT2D eigenvalue weighted by atomic mass is 32.2. The molecule has 0 atom stereocenters. The molecular formula is C9H20N2O2S. The van der Waals surface area contributed by atoms with Gasteiger partial charge in [0.15, 0.2) is 0 Å². The highest BCUT2D eigenvalue weighted by molar-refractivity contribution is 7.89. The molecular weight excluding hydrogens is 200 g/mol. The second kappa shape index (κ2) is 5.68. The molecule has 14 heavy (non-hydrogen) atoms.